The number of methoxy groups -OCH3 is 1. The summed E-state index contributed by atoms with van der Waals surface area (Å²) in [6, 6.07) is 10.1. The second-order valence-electron chi connectivity index (χ2n) is 3.80. The molecule has 0 aliphatic heterocycles. The maximum absolute atomic E-state index is 5.67. The fourth-order valence-electron chi connectivity index (χ4n) is 1.79. The predicted octanol–water partition coefficient (Wildman–Crippen LogP) is 2.77. The summed E-state index contributed by atoms with van der Waals surface area (Å²) < 4.78 is 8.32. The van der Waals surface area contributed by atoms with E-state index in [-0.39, 0.29) is 0 Å². The average molecular weight is 295 g/mol. The van der Waals surface area contributed by atoms with Gasteiger partial charge in [-0.25, -0.2) is 0 Å². The molecule has 2 aromatic rings. The number of aromatic nitrogens is 1. The summed E-state index contributed by atoms with van der Waals surface area (Å²) in [5.74, 6) is 0.848. The molecule has 2 N–H and O–H groups in total. The van der Waals surface area contributed by atoms with E-state index in [9.17, 15) is 0 Å². The molecule has 1 heterocycles. The highest BCUT2D eigenvalue weighted by molar-refractivity contribution is 9.10. The third kappa shape index (κ3) is 2.70. The first kappa shape index (κ1) is 12.2. The van der Waals surface area contributed by atoms with Crippen LogP contribution in [-0.4, -0.2) is 11.7 Å². The minimum atomic E-state index is 0.560. The zero-order valence-electron chi connectivity index (χ0n) is 9.69. The van der Waals surface area contributed by atoms with Gasteiger partial charge in [0.2, 0.25) is 0 Å². The van der Waals surface area contributed by atoms with Gasteiger partial charge in [-0.1, -0.05) is 6.07 Å². The maximum Gasteiger partial charge on any atom is 0.133 e. The first-order valence-electron chi connectivity index (χ1n) is 5.41. The highest BCUT2D eigenvalue weighted by Crippen LogP contribution is 2.26. The highest BCUT2D eigenvalue weighted by Gasteiger charge is 2.03. The van der Waals surface area contributed by atoms with Gasteiger partial charge in [0.1, 0.15) is 5.75 Å². The third-order valence-electron chi connectivity index (χ3n) is 2.70. The lowest BCUT2D eigenvalue weighted by Gasteiger charge is -2.10. The lowest BCUT2D eigenvalue weighted by atomic mass is 10.2. The number of rotatable bonds is 4. The van der Waals surface area contributed by atoms with Gasteiger partial charge in [0, 0.05) is 25.0 Å². The molecule has 0 aliphatic carbocycles. The minimum absolute atomic E-state index is 0.560. The van der Waals surface area contributed by atoms with Gasteiger partial charge in [-0.15, -0.1) is 0 Å². The molecule has 4 heteroatoms. The largest absolute Gasteiger partial charge is 0.496 e. The molecule has 0 saturated carbocycles. The molecule has 0 radical (unpaired) electrons. The second kappa shape index (κ2) is 5.38. The zero-order chi connectivity index (χ0) is 12.3. The summed E-state index contributed by atoms with van der Waals surface area (Å²) in [4.78, 5) is 0. The molecule has 17 heavy (non-hydrogen) atoms. The van der Waals surface area contributed by atoms with Crippen molar-refractivity contribution in [1.29, 1.82) is 0 Å². The zero-order valence-corrected chi connectivity index (χ0v) is 11.3. The molecule has 0 spiro atoms. The molecule has 1 aromatic heterocycles. The van der Waals surface area contributed by atoms with Crippen LogP contribution < -0.4 is 10.5 Å². The highest BCUT2D eigenvalue weighted by atomic mass is 79.9. The Bertz CT molecular complexity index is 508. The van der Waals surface area contributed by atoms with Crippen molar-refractivity contribution in [2.24, 2.45) is 5.73 Å². The number of nitrogens with zero attached hydrogens (tertiary/aromatic N) is 1. The van der Waals surface area contributed by atoms with E-state index in [2.05, 4.69) is 32.6 Å². The normalized spacial score (nSPS) is 10.5. The number of halogens is 1. The molecule has 0 atom stereocenters. The Morgan fingerprint density at radius 1 is 1.35 bits per heavy atom. The molecule has 0 aliphatic rings. The number of benzene rings is 1. The summed E-state index contributed by atoms with van der Waals surface area (Å²) in [5, 5.41) is 0. The van der Waals surface area contributed by atoms with E-state index >= 15 is 0 Å². The van der Waals surface area contributed by atoms with Crippen molar-refractivity contribution in [3.63, 3.8) is 0 Å². The van der Waals surface area contributed by atoms with Gasteiger partial charge in [-0.05, 0) is 45.8 Å². The van der Waals surface area contributed by atoms with Crippen LogP contribution in [0.5, 0.6) is 5.75 Å². The van der Waals surface area contributed by atoms with Gasteiger partial charge in [-0.2, -0.15) is 0 Å². The van der Waals surface area contributed by atoms with E-state index in [1.54, 1.807) is 7.11 Å². The molecule has 0 saturated heterocycles. The number of ether oxygens (including phenoxy) is 1. The van der Waals surface area contributed by atoms with Crippen molar-refractivity contribution in [3.8, 4) is 5.75 Å². The molecule has 0 fully saturated rings. The molecule has 3 nitrogen and oxygen atoms in total. The van der Waals surface area contributed by atoms with Gasteiger partial charge in [-0.3, -0.25) is 0 Å². The van der Waals surface area contributed by atoms with Crippen molar-refractivity contribution in [2.45, 2.75) is 13.1 Å². The lowest BCUT2D eigenvalue weighted by Crippen LogP contribution is -2.07. The van der Waals surface area contributed by atoms with Gasteiger partial charge in [0.15, 0.2) is 0 Å². The summed E-state index contributed by atoms with van der Waals surface area (Å²) in [7, 11) is 1.66. The van der Waals surface area contributed by atoms with E-state index in [0.29, 0.717) is 6.54 Å². The summed E-state index contributed by atoms with van der Waals surface area (Å²) in [6.45, 7) is 1.38. The van der Waals surface area contributed by atoms with Crippen LogP contribution in [0.25, 0.3) is 0 Å². The fraction of sp³-hybridized carbons (Fsp3) is 0.231. The lowest BCUT2D eigenvalue weighted by molar-refractivity contribution is 0.412. The molecule has 1 aromatic carbocycles. The summed E-state index contributed by atoms with van der Waals surface area (Å²) in [5.41, 5.74) is 8.02. The van der Waals surface area contributed by atoms with Crippen LogP contribution in [0.1, 0.15) is 11.3 Å². The van der Waals surface area contributed by atoms with Gasteiger partial charge >= 0.3 is 0 Å². The number of hydrogen-bond acceptors (Lipinski definition) is 2. The van der Waals surface area contributed by atoms with Crippen LogP contribution in [-0.2, 0) is 13.1 Å². The molecule has 0 unspecified atom stereocenters. The van der Waals surface area contributed by atoms with E-state index in [1.807, 2.05) is 24.4 Å². The van der Waals surface area contributed by atoms with E-state index in [4.69, 9.17) is 10.5 Å². The minimum Gasteiger partial charge on any atom is -0.496 e. The Kier molecular flexibility index (Phi) is 3.86. The summed E-state index contributed by atoms with van der Waals surface area (Å²) in [6.07, 6.45) is 2.04. The summed E-state index contributed by atoms with van der Waals surface area (Å²) >= 11 is 3.49. The monoisotopic (exact) mass is 294 g/mol. The molecular weight excluding hydrogens is 280 g/mol. The van der Waals surface area contributed by atoms with E-state index < -0.39 is 0 Å². The van der Waals surface area contributed by atoms with Crippen LogP contribution in [0.4, 0.5) is 0 Å². The van der Waals surface area contributed by atoms with Crippen LogP contribution in [0.3, 0.4) is 0 Å². The van der Waals surface area contributed by atoms with Gasteiger partial charge in [0.05, 0.1) is 11.6 Å². The van der Waals surface area contributed by atoms with Crippen LogP contribution >= 0.6 is 15.9 Å². The van der Waals surface area contributed by atoms with Crippen molar-refractivity contribution in [2.75, 3.05) is 7.11 Å². The Balaban J connectivity index is 2.22. The van der Waals surface area contributed by atoms with Crippen molar-refractivity contribution < 1.29 is 4.74 Å². The molecule has 2 rings (SSSR count). The maximum atomic E-state index is 5.67. The smallest absolute Gasteiger partial charge is 0.133 e. The first-order chi connectivity index (χ1) is 8.24. The number of nitrogens with two attached hydrogens (primary N) is 1. The molecule has 90 valence electrons. The van der Waals surface area contributed by atoms with Crippen molar-refractivity contribution in [3.05, 3.63) is 52.3 Å². The first-order valence-corrected chi connectivity index (χ1v) is 6.20. The Morgan fingerprint density at radius 2 is 2.18 bits per heavy atom. The predicted molar refractivity (Wildman–Crippen MR) is 72.1 cm³/mol. The van der Waals surface area contributed by atoms with Crippen LogP contribution in [0, 0.1) is 0 Å². The topological polar surface area (TPSA) is 40.2 Å². The Labute approximate surface area is 109 Å². The Morgan fingerprint density at radius 3 is 2.82 bits per heavy atom. The Hall–Kier alpha value is -1.26. The van der Waals surface area contributed by atoms with Crippen molar-refractivity contribution in [1.82, 2.24) is 4.57 Å². The van der Waals surface area contributed by atoms with Crippen LogP contribution in [0.2, 0.25) is 0 Å². The van der Waals surface area contributed by atoms with Crippen molar-refractivity contribution >= 4 is 15.9 Å². The molecule has 0 amide bonds. The molecule has 0 bridgehead atoms. The SMILES string of the molecule is COc1ccc(Cn2cccc2CN)cc1Br. The van der Waals surface area contributed by atoms with Gasteiger partial charge < -0.3 is 15.0 Å². The van der Waals surface area contributed by atoms with Crippen LogP contribution in [0.15, 0.2) is 41.0 Å². The fourth-order valence-corrected chi connectivity index (χ4v) is 2.38. The third-order valence-corrected chi connectivity index (χ3v) is 3.32. The van der Waals surface area contributed by atoms with Gasteiger partial charge in [0.25, 0.3) is 0 Å². The molecular formula is C13H15BrN2O. The van der Waals surface area contributed by atoms with E-state index in [1.165, 1.54) is 5.56 Å². The average Bonchev–Trinajstić information content (AvgIpc) is 2.76. The number of hydrogen-bond donors (Lipinski definition) is 1. The quantitative estimate of drug-likeness (QED) is 0.942. The second-order valence-corrected chi connectivity index (χ2v) is 4.65. The standard InChI is InChI=1S/C13H15BrN2O/c1-17-13-5-4-10(7-12(13)14)9-16-6-2-3-11(16)8-15/h2-7H,8-9,15H2,1H3. The van der Waals surface area contributed by atoms with E-state index in [0.717, 1.165) is 22.5 Å².